The van der Waals surface area contributed by atoms with E-state index in [4.69, 9.17) is 5.84 Å². The normalized spacial score (nSPS) is 12.6. The van der Waals surface area contributed by atoms with Gasteiger partial charge in [0.15, 0.2) is 0 Å². The van der Waals surface area contributed by atoms with Gasteiger partial charge in [0.05, 0.1) is 17.9 Å². The molecule has 2 heterocycles. The van der Waals surface area contributed by atoms with Crippen LogP contribution in [-0.2, 0) is 6.54 Å². The monoisotopic (exact) mass is 232 g/mol. The van der Waals surface area contributed by atoms with Gasteiger partial charge in [0.2, 0.25) is 0 Å². The van der Waals surface area contributed by atoms with Crippen molar-refractivity contribution in [3.05, 3.63) is 42.2 Å². The Kier molecular flexibility index (Phi) is 3.79. The third-order valence-electron chi connectivity index (χ3n) is 2.51. The number of hydrogen-bond acceptors (Lipinski definition) is 5. The lowest BCUT2D eigenvalue weighted by Crippen LogP contribution is -2.29. The van der Waals surface area contributed by atoms with E-state index >= 15 is 0 Å². The molecule has 1 unspecified atom stereocenters. The van der Waals surface area contributed by atoms with E-state index in [9.17, 15) is 0 Å². The molecule has 1 atom stereocenters. The molecule has 0 bridgehead atoms. The van der Waals surface area contributed by atoms with Gasteiger partial charge in [0.1, 0.15) is 6.33 Å². The Morgan fingerprint density at radius 1 is 1.53 bits per heavy atom. The SMILES string of the molecule is CCCn1cc(C(NN)c2ccncn2)cn1. The van der Waals surface area contributed by atoms with Crippen molar-refractivity contribution in [2.75, 3.05) is 0 Å². The molecule has 2 rings (SSSR count). The molecule has 0 fully saturated rings. The molecule has 17 heavy (non-hydrogen) atoms. The van der Waals surface area contributed by atoms with Gasteiger partial charge in [0.25, 0.3) is 0 Å². The quantitative estimate of drug-likeness (QED) is 0.584. The zero-order valence-electron chi connectivity index (χ0n) is 9.74. The van der Waals surface area contributed by atoms with Crippen molar-refractivity contribution in [2.24, 2.45) is 5.84 Å². The number of aryl methyl sites for hydroxylation is 1. The summed E-state index contributed by atoms with van der Waals surface area (Å²) < 4.78 is 1.90. The van der Waals surface area contributed by atoms with Crippen LogP contribution in [0.4, 0.5) is 0 Å². The van der Waals surface area contributed by atoms with Crippen LogP contribution in [0.25, 0.3) is 0 Å². The first-order chi connectivity index (χ1) is 8.35. The molecule has 0 radical (unpaired) electrons. The minimum absolute atomic E-state index is 0.149. The van der Waals surface area contributed by atoms with Crippen molar-refractivity contribution in [3.63, 3.8) is 0 Å². The van der Waals surface area contributed by atoms with Crippen LogP contribution in [0.3, 0.4) is 0 Å². The molecule has 0 aliphatic heterocycles. The fourth-order valence-electron chi connectivity index (χ4n) is 1.70. The summed E-state index contributed by atoms with van der Waals surface area (Å²) in [5, 5.41) is 4.28. The van der Waals surface area contributed by atoms with Crippen LogP contribution in [0.15, 0.2) is 31.0 Å². The summed E-state index contributed by atoms with van der Waals surface area (Å²) in [4.78, 5) is 8.08. The summed E-state index contributed by atoms with van der Waals surface area (Å²) >= 11 is 0. The summed E-state index contributed by atoms with van der Waals surface area (Å²) in [6.45, 7) is 3.02. The minimum atomic E-state index is -0.149. The maximum Gasteiger partial charge on any atom is 0.115 e. The van der Waals surface area contributed by atoms with Crippen molar-refractivity contribution < 1.29 is 0 Å². The molecule has 0 aromatic carbocycles. The Hall–Kier alpha value is -1.79. The molecule has 0 aliphatic rings. The van der Waals surface area contributed by atoms with Crippen molar-refractivity contribution in [1.29, 1.82) is 0 Å². The zero-order chi connectivity index (χ0) is 12.1. The maximum absolute atomic E-state index is 5.57. The third-order valence-corrected chi connectivity index (χ3v) is 2.51. The van der Waals surface area contributed by atoms with E-state index in [1.807, 2.05) is 23.1 Å². The molecule has 0 spiro atoms. The second-order valence-electron chi connectivity index (χ2n) is 3.77. The van der Waals surface area contributed by atoms with Gasteiger partial charge < -0.3 is 0 Å². The molecule has 0 aliphatic carbocycles. The lowest BCUT2D eigenvalue weighted by atomic mass is 10.1. The van der Waals surface area contributed by atoms with E-state index in [0.29, 0.717) is 0 Å². The molecule has 0 saturated carbocycles. The fourth-order valence-corrected chi connectivity index (χ4v) is 1.70. The molecular weight excluding hydrogens is 216 g/mol. The predicted molar refractivity (Wildman–Crippen MR) is 63.7 cm³/mol. The van der Waals surface area contributed by atoms with Gasteiger partial charge in [-0.1, -0.05) is 6.92 Å². The Morgan fingerprint density at radius 3 is 3.06 bits per heavy atom. The molecule has 2 aromatic rings. The topological polar surface area (TPSA) is 81.7 Å². The van der Waals surface area contributed by atoms with E-state index in [1.165, 1.54) is 6.33 Å². The van der Waals surface area contributed by atoms with Crippen LogP contribution in [-0.4, -0.2) is 19.7 Å². The van der Waals surface area contributed by atoms with E-state index < -0.39 is 0 Å². The molecule has 0 saturated heterocycles. The lowest BCUT2D eigenvalue weighted by molar-refractivity contribution is 0.595. The molecule has 6 nitrogen and oxygen atoms in total. The average Bonchev–Trinajstić information content (AvgIpc) is 2.81. The summed E-state index contributed by atoms with van der Waals surface area (Å²) in [6, 6.07) is 1.69. The van der Waals surface area contributed by atoms with Gasteiger partial charge >= 0.3 is 0 Å². The van der Waals surface area contributed by atoms with Crippen LogP contribution in [0.1, 0.15) is 30.6 Å². The summed E-state index contributed by atoms with van der Waals surface area (Å²) in [7, 11) is 0. The van der Waals surface area contributed by atoms with E-state index in [1.54, 1.807) is 6.20 Å². The van der Waals surface area contributed by atoms with Crippen LogP contribution >= 0.6 is 0 Å². The van der Waals surface area contributed by atoms with Crippen molar-refractivity contribution in [1.82, 2.24) is 25.2 Å². The molecule has 3 N–H and O–H groups in total. The Balaban J connectivity index is 2.23. The van der Waals surface area contributed by atoms with E-state index in [2.05, 4.69) is 27.4 Å². The fraction of sp³-hybridized carbons (Fsp3) is 0.364. The smallest absolute Gasteiger partial charge is 0.115 e. The van der Waals surface area contributed by atoms with Crippen molar-refractivity contribution in [2.45, 2.75) is 25.9 Å². The second kappa shape index (κ2) is 5.51. The Morgan fingerprint density at radius 2 is 2.41 bits per heavy atom. The number of aromatic nitrogens is 4. The van der Waals surface area contributed by atoms with E-state index in [0.717, 1.165) is 24.2 Å². The highest BCUT2D eigenvalue weighted by atomic mass is 15.3. The van der Waals surface area contributed by atoms with Crippen LogP contribution in [0.5, 0.6) is 0 Å². The second-order valence-corrected chi connectivity index (χ2v) is 3.77. The zero-order valence-corrected chi connectivity index (χ0v) is 9.74. The molecule has 90 valence electrons. The standard InChI is InChI=1S/C11H16N6/c1-2-5-17-7-9(6-15-17)11(16-12)10-3-4-13-8-14-10/h3-4,6-8,11,16H,2,5,12H2,1H3. The number of nitrogens with one attached hydrogen (secondary N) is 1. The predicted octanol–water partition coefficient (Wildman–Crippen LogP) is 0.636. The molecule has 0 amide bonds. The van der Waals surface area contributed by atoms with Crippen LogP contribution in [0.2, 0.25) is 0 Å². The minimum Gasteiger partial charge on any atom is -0.272 e. The van der Waals surface area contributed by atoms with Crippen molar-refractivity contribution in [3.8, 4) is 0 Å². The van der Waals surface area contributed by atoms with Gasteiger partial charge in [-0.3, -0.25) is 10.5 Å². The van der Waals surface area contributed by atoms with Crippen LogP contribution in [0, 0.1) is 0 Å². The largest absolute Gasteiger partial charge is 0.272 e. The van der Waals surface area contributed by atoms with E-state index in [-0.39, 0.29) is 6.04 Å². The lowest BCUT2D eigenvalue weighted by Gasteiger charge is -2.12. The van der Waals surface area contributed by atoms with Gasteiger partial charge in [-0.05, 0) is 12.5 Å². The maximum atomic E-state index is 5.57. The highest BCUT2D eigenvalue weighted by Gasteiger charge is 2.15. The van der Waals surface area contributed by atoms with Gasteiger partial charge in [-0.25, -0.2) is 15.4 Å². The number of rotatable bonds is 5. The molecular formula is C11H16N6. The number of hydrogen-bond donors (Lipinski definition) is 2. The summed E-state index contributed by atoms with van der Waals surface area (Å²) in [5.41, 5.74) is 4.58. The number of hydrazine groups is 1. The number of nitrogens with zero attached hydrogens (tertiary/aromatic N) is 4. The Bertz CT molecular complexity index is 452. The van der Waals surface area contributed by atoms with Gasteiger partial charge in [0, 0.05) is 24.5 Å². The first-order valence-electron chi connectivity index (χ1n) is 5.59. The summed E-state index contributed by atoms with van der Waals surface area (Å²) in [5.74, 6) is 5.57. The molecule has 2 aromatic heterocycles. The first kappa shape index (κ1) is 11.7. The average molecular weight is 232 g/mol. The van der Waals surface area contributed by atoms with Crippen LogP contribution < -0.4 is 11.3 Å². The highest BCUT2D eigenvalue weighted by molar-refractivity contribution is 5.22. The molecule has 6 heteroatoms. The Labute approximate surface area is 99.9 Å². The van der Waals surface area contributed by atoms with Gasteiger partial charge in [-0.2, -0.15) is 5.10 Å². The third kappa shape index (κ3) is 2.66. The number of nitrogens with two attached hydrogens (primary N) is 1. The highest BCUT2D eigenvalue weighted by Crippen LogP contribution is 2.18. The first-order valence-corrected chi connectivity index (χ1v) is 5.59. The van der Waals surface area contributed by atoms with Crippen molar-refractivity contribution >= 4 is 0 Å². The summed E-state index contributed by atoms with van der Waals surface area (Å²) in [6.07, 6.45) is 8.05. The van der Waals surface area contributed by atoms with Gasteiger partial charge in [-0.15, -0.1) is 0 Å².